The number of aliphatic hydroxyl groups is 2. The molecule has 0 radical (unpaired) electrons. The quantitative estimate of drug-likeness (QED) is 0.0656. The summed E-state index contributed by atoms with van der Waals surface area (Å²) in [6, 6.07) is 10.0. The molecular formula is C49H70F4N8O10. The lowest BCUT2D eigenvalue weighted by Crippen LogP contribution is -2.38. The first-order chi connectivity index (χ1) is 33.6. The molecule has 0 fully saturated rings. The second-order valence-electron chi connectivity index (χ2n) is 15.3. The minimum absolute atomic E-state index is 0.000000000000000222. The maximum absolute atomic E-state index is 14.7. The first-order valence-electron chi connectivity index (χ1n) is 22.1. The van der Waals surface area contributed by atoms with Gasteiger partial charge in [-0.25, -0.2) is 9.37 Å². The van der Waals surface area contributed by atoms with Gasteiger partial charge in [0.2, 0.25) is 18.6 Å². The van der Waals surface area contributed by atoms with Crippen molar-refractivity contribution in [1.29, 1.82) is 0 Å². The van der Waals surface area contributed by atoms with Crippen LogP contribution in [0.25, 0.3) is 22.3 Å². The van der Waals surface area contributed by atoms with Gasteiger partial charge in [0.25, 0.3) is 5.56 Å². The molecule has 0 saturated carbocycles. The number of pyridine rings is 2. The molecule has 2 aromatic carbocycles. The standard InChI is InChI=1S/C26H27FN2O3.C12H17N3O2.C5H11NO.C2HF3O.CH3NO.CH5N.CH4O.CH2O/c1-5-15-19(26(32,6-2)14(4)30)10-22-24-18(12-29(22)25(15)31)17-9-7-8-16-13(3)20(27)11-21(28-24)23(16)17;1-14-11(6-7-16)12(17)15-10-4-2-9(8-13)3-5-10;1-4(3-7)5(2)6;3-2(4,5)1-6;2-1-3;3*1-2/h10-11,32H,5-9,12H2,1-4H3;2-5,7,11,14H,6,8,13H2,1H3,(H,15,17);3-5H,6H2,1-2H3;1H;1H,(H2,2,3);2H2,1H3;2H,1H3;1H2/t26-;;4?,5-;;;;;/m1.0...../s1. The van der Waals surface area contributed by atoms with Gasteiger partial charge in [-0.05, 0) is 107 Å². The molecule has 0 saturated heterocycles. The normalized spacial score (nSPS) is 13.2. The van der Waals surface area contributed by atoms with Crippen LogP contribution < -0.4 is 39.1 Å². The van der Waals surface area contributed by atoms with Crippen LogP contribution in [0.5, 0.6) is 0 Å². The van der Waals surface area contributed by atoms with Gasteiger partial charge in [-0.1, -0.05) is 32.9 Å². The number of anilines is 1. The van der Waals surface area contributed by atoms with E-state index in [1.54, 1.807) is 43.7 Å². The summed E-state index contributed by atoms with van der Waals surface area (Å²) in [5, 5.41) is 24.7. The van der Waals surface area contributed by atoms with Gasteiger partial charge in [0, 0.05) is 65.9 Å². The number of carbonyl (C=O) groups excluding carboxylic acids is 7. The second-order valence-corrected chi connectivity index (χ2v) is 15.3. The average molecular weight is 1010 g/mol. The Morgan fingerprint density at radius 2 is 1.52 bits per heavy atom. The molecule has 1 aliphatic heterocycles. The minimum Gasteiger partial charge on any atom is -0.400 e. The van der Waals surface area contributed by atoms with Crippen LogP contribution in [-0.4, -0.2) is 103 Å². The van der Waals surface area contributed by atoms with Gasteiger partial charge in [-0.3, -0.25) is 24.0 Å². The molecule has 12 N–H and O–H groups in total. The number of ketones is 1. The number of primary amides is 1. The lowest BCUT2D eigenvalue weighted by molar-refractivity contribution is -0.156. The number of aldehydes is 3. The Labute approximate surface area is 410 Å². The third kappa shape index (κ3) is 18.4. The zero-order valence-electron chi connectivity index (χ0n) is 41.7. The fourth-order valence-corrected chi connectivity index (χ4v) is 7.18. The molecule has 0 spiro atoms. The highest BCUT2D eigenvalue weighted by Gasteiger charge is 2.38. The predicted molar refractivity (Wildman–Crippen MR) is 265 cm³/mol. The van der Waals surface area contributed by atoms with Crippen LogP contribution >= 0.6 is 0 Å². The highest BCUT2D eigenvalue weighted by atomic mass is 19.4. The Balaban J connectivity index is 0. The molecule has 6 rings (SSSR count). The van der Waals surface area contributed by atoms with E-state index in [9.17, 15) is 46.6 Å². The fourth-order valence-electron chi connectivity index (χ4n) is 7.18. The maximum Gasteiger partial charge on any atom is 0.446 e. The zero-order chi connectivity index (χ0) is 55.4. The molecule has 1 aliphatic carbocycles. The van der Waals surface area contributed by atoms with Crippen molar-refractivity contribution in [1.82, 2.24) is 14.9 Å². The Bertz CT molecular complexity index is 2420. The summed E-state index contributed by atoms with van der Waals surface area (Å²) < 4.78 is 47.6. The van der Waals surface area contributed by atoms with Crippen LogP contribution in [0.1, 0.15) is 92.8 Å². The smallest absolute Gasteiger partial charge is 0.400 e. The average Bonchev–Trinajstić information content (AvgIpc) is 3.75. The first kappa shape index (κ1) is 66.7. The number of hydrogen-bond acceptors (Lipinski definition) is 15. The van der Waals surface area contributed by atoms with E-state index in [0.29, 0.717) is 58.8 Å². The van der Waals surface area contributed by atoms with Gasteiger partial charge in [-0.2, -0.15) is 13.2 Å². The van der Waals surface area contributed by atoms with Gasteiger partial charge in [-0.15, -0.1) is 0 Å². The summed E-state index contributed by atoms with van der Waals surface area (Å²) in [5.74, 6) is -0.872. The lowest BCUT2D eigenvalue weighted by Gasteiger charge is -2.27. The highest BCUT2D eigenvalue weighted by molar-refractivity contribution is 5.96. The monoisotopic (exact) mass is 1010 g/mol. The summed E-state index contributed by atoms with van der Waals surface area (Å²) in [7, 11) is 4.14. The Kier molecular flexibility index (Phi) is 31.2. The summed E-state index contributed by atoms with van der Waals surface area (Å²) in [6.07, 6.45) is -0.500. The summed E-state index contributed by atoms with van der Waals surface area (Å²) >= 11 is 0. The number of aryl methyl sites for hydroxylation is 2. The largest absolute Gasteiger partial charge is 0.446 e. The van der Waals surface area contributed by atoms with Crippen LogP contribution in [0.4, 0.5) is 23.2 Å². The fraction of sp³-hybridized carbons (Fsp3) is 0.449. The molecule has 394 valence electrons. The van der Waals surface area contributed by atoms with E-state index in [1.807, 2.05) is 39.7 Å². The van der Waals surface area contributed by atoms with Crippen LogP contribution in [-0.2, 0) is 71.5 Å². The van der Waals surface area contributed by atoms with Gasteiger partial charge in [0.15, 0.2) is 5.78 Å². The number of fused-ring (bicyclic) bond motifs is 4. The molecule has 71 heavy (non-hydrogen) atoms. The van der Waals surface area contributed by atoms with E-state index in [1.165, 1.54) is 20.0 Å². The molecule has 3 heterocycles. The number of aliphatic hydroxyl groups excluding tert-OH is 1. The Morgan fingerprint density at radius 3 is 1.93 bits per heavy atom. The third-order valence-electron chi connectivity index (χ3n) is 11.2. The molecule has 4 aromatic rings. The number of amides is 2. The topological polar surface area (TPSA) is 323 Å². The van der Waals surface area contributed by atoms with Crippen LogP contribution in [0, 0.1) is 18.7 Å². The van der Waals surface area contributed by atoms with Crippen molar-refractivity contribution in [2.45, 2.75) is 117 Å². The molecule has 2 aromatic heterocycles. The summed E-state index contributed by atoms with van der Waals surface area (Å²) in [5.41, 5.74) is 25.8. The van der Waals surface area contributed by atoms with Gasteiger partial charge >= 0.3 is 6.18 Å². The molecule has 2 aliphatic rings. The van der Waals surface area contributed by atoms with Crippen molar-refractivity contribution < 1.29 is 61.3 Å². The van der Waals surface area contributed by atoms with E-state index in [0.717, 1.165) is 66.6 Å². The molecule has 0 bridgehead atoms. The SMILES string of the molecule is C=O.CC(C=O)[C@H](C)N.CCc1c([C@@](O)(CC)C(C)=O)cc2n(c1=O)Cc1c-2nc2cc(F)c(C)c3c2c1CCC3.CN.CNC(CC=O)C(=O)Nc1ccc(CN)cc1.CO.NC=O.O=CC(F)(F)F. The first-order valence-corrected chi connectivity index (χ1v) is 22.1. The van der Waals surface area contributed by atoms with Crippen molar-refractivity contribution in [3.8, 4) is 11.4 Å². The summed E-state index contributed by atoms with van der Waals surface area (Å²) in [4.78, 5) is 88.0. The number of carbonyl (C=O) groups is 7. The van der Waals surface area contributed by atoms with Crippen LogP contribution in [0.2, 0.25) is 0 Å². The number of alkyl halides is 3. The van der Waals surface area contributed by atoms with E-state index in [4.69, 9.17) is 35.9 Å². The highest BCUT2D eigenvalue weighted by Crippen LogP contribution is 2.42. The van der Waals surface area contributed by atoms with Crippen LogP contribution in [0.15, 0.2) is 41.2 Å². The number of halogens is 4. The number of nitrogens with two attached hydrogens (primary N) is 4. The van der Waals surface area contributed by atoms with E-state index in [2.05, 4.69) is 22.1 Å². The second kappa shape index (κ2) is 33.2. The lowest BCUT2D eigenvalue weighted by atomic mass is 9.83. The molecular weight excluding hydrogens is 937 g/mol. The van der Waals surface area contributed by atoms with E-state index in [-0.39, 0.29) is 54.3 Å². The van der Waals surface area contributed by atoms with Gasteiger partial charge in [0.05, 0.1) is 29.5 Å². The molecule has 2 unspecified atom stereocenters. The molecule has 22 heteroatoms. The number of nitrogens with zero attached hydrogens (tertiary/aromatic N) is 2. The number of hydrogen-bond donors (Lipinski definition) is 8. The van der Waals surface area contributed by atoms with Crippen molar-refractivity contribution >= 4 is 60.3 Å². The summed E-state index contributed by atoms with van der Waals surface area (Å²) in [6.45, 7) is 13.3. The minimum atomic E-state index is -4.64. The number of benzene rings is 2. The number of rotatable bonds is 12. The number of likely N-dealkylation sites (N-methyl/N-ethyl adjacent to an activating group) is 1. The van der Waals surface area contributed by atoms with Crippen molar-refractivity contribution in [2.75, 3.05) is 26.5 Å². The van der Waals surface area contributed by atoms with E-state index < -0.39 is 24.1 Å². The van der Waals surface area contributed by atoms with Gasteiger partial charge < -0.3 is 62.7 Å². The number of Topliss-reactive ketones (excluding diaryl/α,β-unsaturated/α-hetero) is 1. The molecule has 2 amide bonds. The number of aromatic nitrogens is 2. The predicted octanol–water partition coefficient (Wildman–Crippen LogP) is 3.39. The van der Waals surface area contributed by atoms with Gasteiger partial charge in [0.1, 0.15) is 30.8 Å². The Hall–Kier alpha value is -6.43. The molecule has 18 nitrogen and oxygen atoms in total. The van der Waals surface area contributed by atoms with Crippen molar-refractivity contribution in [2.24, 2.45) is 28.9 Å². The number of nitrogens with one attached hydrogen (secondary N) is 2. The Morgan fingerprint density at radius 1 is 0.986 bits per heavy atom. The van der Waals surface area contributed by atoms with Crippen LogP contribution in [0.3, 0.4) is 0 Å². The van der Waals surface area contributed by atoms with E-state index >= 15 is 0 Å². The third-order valence-corrected chi connectivity index (χ3v) is 11.2. The van der Waals surface area contributed by atoms with Crippen molar-refractivity contribution in [3.05, 3.63) is 91.5 Å². The van der Waals surface area contributed by atoms with Crippen molar-refractivity contribution in [3.63, 3.8) is 0 Å². The zero-order valence-corrected chi connectivity index (χ0v) is 41.7. The maximum atomic E-state index is 14.7. The molecule has 4 atom stereocenters.